The molecule has 0 aromatic rings. The molecule has 0 aromatic heterocycles. The van der Waals surface area contributed by atoms with Gasteiger partial charge in [0.15, 0.2) is 0 Å². The second-order valence-electron chi connectivity index (χ2n) is 5.53. The van der Waals surface area contributed by atoms with Crippen molar-refractivity contribution in [2.24, 2.45) is 5.92 Å². The lowest BCUT2D eigenvalue weighted by Gasteiger charge is -2.33. The van der Waals surface area contributed by atoms with Crippen LogP contribution < -0.4 is 5.32 Å². The molecule has 8 heteroatoms. The summed E-state index contributed by atoms with van der Waals surface area (Å²) >= 11 is 0. The van der Waals surface area contributed by atoms with Crippen molar-refractivity contribution in [1.82, 2.24) is 10.2 Å². The molecule has 2 amide bonds. The number of alkyl halides is 3. The summed E-state index contributed by atoms with van der Waals surface area (Å²) in [6, 6.07) is -0.539. The molecule has 1 rings (SSSR count). The number of carbonyl (C=O) groups is 2. The van der Waals surface area contributed by atoms with Gasteiger partial charge in [-0.2, -0.15) is 13.2 Å². The Morgan fingerprint density at radius 3 is 2.62 bits per heavy atom. The summed E-state index contributed by atoms with van der Waals surface area (Å²) in [5, 5.41) is 2.64. The minimum atomic E-state index is -4.34. The quantitative estimate of drug-likeness (QED) is 0.722. The maximum Gasteiger partial charge on any atom is 0.411 e. The molecule has 0 aliphatic carbocycles. The van der Waals surface area contributed by atoms with Gasteiger partial charge >= 0.3 is 6.18 Å². The number of ether oxygens (including phenoxy) is 1. The van der Waals surface area contributed by atoms with Crippen molar-refractivity contribution in [3.05, 3.63) is 0 Å². The van der Waals surface area contributed by atoms with Crippen LogP contribution in [0.5, 0.6) is 0 Å². The molecule has 122 valence electrons. The van der Waals surface area contributed by atoms with Crippen molar-refractivity contribution in [2.45, 2.75) is 38.9 Å². The second kappa shape index (κ2) is 7.63. The van der Waals surface area contributed by atoms with E-state index in [-0.39, 0.29) is 43.8 Å². The van der Waals surface area contributed by atoms with Crippen LogP contribution in [0.1, 0.15) is 26.7 Å². The second-order valence-corrected chi connectivity index (χ2v) is 5.53. The van der Waals surface area contributed by atoms with Crippen LogP contribution in [0.25, 0.3) is 0 Å². The molecule has 1 unspecified atom stereocenters. The molecule has 0 bridgehead atoms. The van der Waals surface area contributed by atoms with Crippen molar-refractivity contribution in [3.63, 3.8) is 0 Å². The van der Waals surface area contributed by atoms with Gasteiger partial charge in [0.1, 0.15) is 12.6 Å². The Morgan fingerprint density at radius 2 is 2.05 bits per heavy atom. The summed E-state index contributed by atoms with van der Waals surface area (Å²) < 4.78 is 40.1. The summed E-state index contributed by atoms with van der Waals surface area (Å²) in [6.07, 6.45) is -3.53. The Hall–Kier alpha value is -1.31. The first-order chi connectivity index (χ1) is 9.69. The van der Waals surface area contributed by atoms with Crippen LogP contribution in [0, 0.1) is 5.92 Å². The minimum absolute atomic E-state index is 0.0489. The molecule has 0 aromatic carbocycles. The molecule has 5 nitrogen and oxygen atoms in total. The van der Waals surface area contributed by atoms with Crippen molar-refractivity contribution < 1.29 is 27.5 Å². The molecule has 0 saturated carbocycles. The number of carbonyl (C=O) groups excluding carboxylic acids is 2. The summed E-state index contributed by atoms with van der Waals surface area (Å²) in [5.74, 6) is -0.162. The summed E-state index contributed by atoms with van der Waals surface area (Å²) in [4.78, 5) is 25.0. The zero-order valence-corrected chi connectivity index (χ0v) is 12.2. The highest BCUT2D eigenvalue weighted by Gasteiger charge is 2.32. The molecule has 0 radical (unpaired) electrons. The topological polar surface area (TPSA) is 58.6 Å². The van der Waals surface area contributed by atoms with Crippen LogP contribution in [0.4, 0.5) is 13.2 Å². The fourth-order valence-corrected chi connectivity index (χ4v) is 2.14. The van der Waals surface area contributed by atoms with Crippen LogP contribution in [-0.2, 0) is 14.3 Å². The normalized spacial score (nSPS) is 20.1. The average Bonchev–Trinajstić information content (AvgIpc) is 2.32. The molecule has 1 fully saturated rings. The molecule has 1 atom stereocenters. The maximum atomic E-state index is 12.1. The van der Waals surface area contributed by atoms with E-state index in [1.54, 1.807) is 0 Å². The van der Waals surface area contributed by atoms with Gasteiger partial charge in [-0.25, -0.2) is 0 Å². The molecule has 1 aliphatic rings. The van der Waals surface area contributed by atoms with Crippen LogP contribution in [0.3, 0.4) is 0 Å². The van der Waals surface area contributed by atoms with Crippen LogP contribution >= 0.6 is 0 Å². The fraction of sp³-hybridized carbons (Fsp3) is 0.846. The Morgan fingerprint density at radius 1 is 1.38 bits per heavy atom. The number of halogens is 3. The van der Waals surface area contributed by atoms with E-state index in [0.29, 0.717) is 6.42 Å². The number of hydrogen-bond donors (Lipinski definition) is 1. The highest BCUT2D eigenvalue weighted by atomic mass is 19.4. The van der Waals surface area contributed by atoms with Crippen LogP contribution in [0.2, 0.25) is 0 Å². The highest BCUT2D eigenvalue weighted by Crippen LogP contribution is 2.15. The van der Waals surface area contributed by atoms with Crippen molar-refractivity contribution in [1.29, 1.82) is 0 Å². The van der Waals surface area contributed by atoms with Crippen molar-refractivity contribution in [3.8, 4) is 0 Å². The van der Waals surface area contributed by atoms with Gasteiger partial charge in [0.2, 0.25) is 11.8 Å². The standard InChI is InChI=1S/C13H21F3N2O3/c1-9(2)6-10-12(20)18(7-11(19)17-10)4-3-5-21-8-13(14,15)16/h9-10H,3-8H2,1-2H3,(H,17,19). The van der Waals surface area contributed by atoms with E-state index < -0.39 is 18.8 Å². The average molecular weight is 310 g/mol. The SMILES string of the molecule is CC(C)CC1NC(=O)CN(CCCOCC(F)(F)F)C1=O. The smallest absolute Gasteiger partial charge is 0.372 e. The van der Waals surface area contributed by atoms with Gasteiger partial charge in [0.25, 0.3) is 0 Å². The van der Waals surface area contributed by atoms with E-state index in [4.69, 9.17) is 0 Å². The van der Waals surface area contributed by atoms with Gasteiger partial charge in [0.05, 0.1) is 6.54 Å². The summed E-state index contributed by atoms with van der Waals surface area (Å²) in [7, 11) is 0. The summed E-state index contributed by atoms with van der Waals surface area (Å²) in [5.41, 5.74) is 0. The molecule has 21 heavy (non-hydrogen) atoms. The Bertz CT molecular complexity index is 372. The predicted octanol–water partition coefficient (Wildman–Crippen LogP) is 1.33. The minimum Gasteiger partial charge on any atom is -0.372 e. The third-order valence-electron chi connectivity index (χ3n) is 2.97. The number of rotatable bonds is 7. The van der Waals surface area contributed by atoms with Crippen LogP contribution in [-0.4, -0.2) is 55.2 Å². The number of nitrogens with one attached hydrogen (secondary N) is 1. The first-order valence-electron chi connectivity index (χ1n) is 6.91. The molecule has 1 aliphatic heterocycles. The first-order valence-corrected chi connectivity index (χ1v) is 6.91. The lowest BCUT2D eigenvalue weighted by atomic mass is 10.0. The molecule has 1 heterocycles. The molecule has 1 N–H and O–H groups in total. The zero-order valence-electron chi connectivity index (χ0n) is 12.2. The third-order valence-corrected chi connectivity index (χ3v) is 2.97. The maximum absolute atomic E-state index is 12.1. The number of piperazine rings is 1. The van der Waals surface area contributed by atoms with Gasteiger partial charge in [-0.3, -0.25) is 9.59 Å². The van der Waals surface area contributed by atoms with E-state index in [1.807, 2.05) is 13.8 Å². The Kier molecular flexibility index (Phi) is 6.44. The van der Waals surface area contributed by atoms with E-state index in [9.17, 15) is 22.8 Å². The van der Waals surface area contributed by atoms with E-state index in [0.717, 1.165) is 0 Å². The van der Waals surface area contributed by atoms with Gasteiger partial charge in [-0.05, 0) is 18.8 Å². The molecular formula is C13H21F3N2O3. The van der Waals surface area contributed by atoms with Crippen LogP contribution in [0.15, 0.2) is 0 Å². The van der Waals surface area contributed by atoms with Crippen molar-refractivity contribution >= 4 is 11.8 Å². The van der Waals surface area contributed by atoms with E-state index in [1.165, 1.54) is 4.90 Å². The highest BCUT2D eigenvalue weighted by molar-refractivity contribution is 5.94. The number of nitrogens with zero attached hydrogens (tertiary/aromatic N) is 1. The first kappa shape index (κ1) is 17.7. The lowest BCUT2D eigenvalue weighted by Crippen LogP contribution is -2.58. The number of hydrogen-bond acceptors (Lipinski definition) is 3. The van der Waals surface area contributed by atoms with Crippen molar-refractivity contribution in [2.75, 3.05) is 26.3 Å². The lowest BCUT2D eigenvalue weighted by molar-refractivity contribution is -0.174. The monoisotopic (exact) mass is 310 g/mol. The molecule has 0 spiro atoms. The molecular weight excluding hydrogens is 289 g/mol. The van der Waals surface area contributed by atoms with E-state index in [2.05, 4.69) is 10.1 Å². The van der Waals surface area contributed by atoms with Gasteiger partial charge in [-0.1, -0.05) is 13.8 Å². The summed E-state index contributed by atoms with van der Waals surface area (Å²) in [6.45, 7) is 2.68. The largest absolute Gasteiger partial charge is 0.411 e. The van der Waals surface area contributed by atoms with E-state index >= 15 is 0 Å². The Labute approximate surface area is 121 Å². The fourth-order valence-electron chi connectivity index (χ4n) is 2.14. The van der Waals surface area contributed by atoms with Gasteiger partial charge in [-0.15, -0.1) is 0 Å². The predicted molar refractivity (Wildman–Crippen MR) is 69.5 cm³/mol. The van der Waals surface area contributed by atoms with Gasteiger partial charge < -0.3 is 15.0 Å². The third kappa shape index (κ3) is 6.79. The number of amides is 2. The zero-order chi connectivity index (χ0) is 16.0. The Balaban J connectivity index is 2.36. The van der Waals surface area contributed by atoms with Gasteiger partial charge in [0, 0.05) is 13.2 Å². The molecule has 1 saturated heterocycles.